The third-order valence-corrected chi connectivity index (χ3v) is 4.06. The molecular weight excluding hydrogens is 202 g/mol. The van der Waals surface area contributed by atoms with E-state index in [2.05, 4.69) is 6.92 Å². The van der Waals surface area contributed by atoms with Crippen LogP contribution in [0.4, 0.5) is 0 Å². The van der Waals surface area contributed by atoms with Gasteiger partial charge in [-0.3, -0.25) is 0 Å². The Kier molecular flexibility index (Phi) is 4.22. The van der Waals surface area contributed by atoms with Crippen LogP contribution in [0.1, 0.15) is 45.4 Å². The number of nitrogens with two attached hydrogens (primary N) is 1. The van der Waals surface area contributed by atoms with Gasteiger partial charge in [0.15, 0.2) is 0 Å². The molecule has 0 amide bonds. The van der Waals surface area contributed by atoms with E-state index in [0.29, 0.717) is 12.5 Å². The average Bonchev–Trinajstić information content (AvgIpc) is 2.27. The van der Waals surface area contributed by atoms with Crippen LogP contribution in [0.2, 0.25) is 0 Å². The van der Waals surface area contributed by atoms with Crippen LogP contribution < -0.4 is 5.73 Å². The Morgan fingerprint density at radius 1 is 1.50 bits per heavy atom. The lowest BCUT2D eigenvalue weighted by atomic mass is 9.70. The number of rotatable bonds is 5. The standard InChI is InChI=1S/C13H25NO2/c1-2-7-15-10-12(14)11-4-8-16-13(9-11)5-3-6-13/h11-12H,2-10,14H2,1H3. The van der Waals surface area contributed by atoms with Crippen LogP contribution >= 0.6 is 0 Å². The molecule has 1 saturated heterocycles. The molecule has 0 aromatic rings. The topological polar surface area (TPSA) is 44.5 Å². The molecule has 0 aromatic heterocycles. The molecule has 1 spiro atoms. The van der Waals surface area contributed by atoms with Crippen LogP contribution in [0.15, 0.2) is 0 Å². The van der Waals surface area contributed by atoms with Crippen LogP contribution in [0.25, 0.3) is 0 Å². The van der Waals surface area contributed by atoms with E-state index in [1.165, 1.54) is 19.3 Å². The minimum atomic E-state index is 0.202. The van der Waals surface area contributed by atoms with E-state index >= 15 is 0 Å². The molecule has 16 heavy (non-hydrogen) atoms. The molecule has 1 aliphatic heterocycles. The predicted molar refractivity (Wildman–Crippen MR) is 64.3 cm³/mol. The van der Waals surface area contributed by atoms with E-state index in [1.807, 2.05) is 0 Å². The maximum absolute atomic E-state index is 6.21. The van der Waals surface area contributed by atoms with Crippen molar-refractivity contribution in [3.05, 3.63) is 0 Å². The first kappa shape index (κ1) is 12.3. The highest BCUT2D eigenvalue weighted by molar-refractivity contribution is 4.96. The molecule has 94 valence electrons. The summed E-state index contributed by atoms with van der Waals surface area (Å²) < 4.78 is 11.5. The molecule has 2 atom stereocenters. The van der Waals surface area contributed by atoms with Crippen molar-refractivity contribution >= 4 is 0 Å². The third-order valence-electron chi connectivity index (χ3n) is 4.06. The Bertz CT molecular complexity index is 216. The van der Waals surface area contributed by atoms with Gasteiger partial charge in [0.05, 0.1) is 12.2 Å². The van der Waals surface area contributed by atoms with Crippen molar-refractivity contribution in [2.75, 3.05) is 19.8 Å². The van der Waals surface area contributed by atoms with Gasteiger partial charge < -0.3 is 15.2 Å². The fourth-order valence-electron chi connectivity index (χ4n) is 2.85. The molecular formula is C13H25NO2. The Labute approximate surface area is 98.7 Å². The Hall–Kier alpha value is -0.120. The zero-order chi connectivity index (χ0) is 11.4. The van der Waals surface area contributed by atoms with Crippen LogP contribution in [-0.2, 0) is 9.47 Å². The molecule has 1 saturated carbocycles. The average molecular weight is 227 g/mol. The lowest BCUT2D eigenvalue weighted by molar-refractivity contribution is -0.147. The SMILES string of the molecule is CCCOCC(N)C1CCOC2(CCC2)C1. The number of ether oxygens (including phenoxy) is 2. The molecule has 3 heteroatoms. The first-order chi connectivity index (χ1) is 7.76. The highest BCUT2D eigenvalue weighted by Crippen LogP contribution is 2.44. The fourth-order valence-corrected chi connectivity index (χ4v) is 2.85. The summed E-state index contributed by atoms with van der Waals surface area (Å²) in [5.74, 6) is 0.603. The largest absolute Gasteiger partial charge is 0.380 e. The lowest BCUT2D eigenvalue weighted by Gasteiger charge is -2.48. The number of hydrogen-bond acceptors (Lipinski definition) is 3. The predicted octanol–water partition coefficient (Wildman–Crippen LogP) is 2.09. The lowest BCUT2D eigenvalue weighted by Crippen LogP contribution is -2.50. The molecule has 0 aromatic carbocycles. The second-order valence-corrected chi connectivity index (χ2v) is 5.38. The van der Waals surface area contributed by atoms with Crippen LogP contribution in [0.5, 0.6) is 0 Å². The van der Waals surface area contributed by atoms with E-state index in [9.17, 15) is 0 Å². The minimum absolute atomic E-state index is 0.202. The minimum Gasteiger partial charge on any atom is -0.380 e. The Balaban J connectivity index is 1.75. The highest BCUT2D eigenvalue weighted by atomic mass is 16.5. The molecule has 2 fully saturated rings. The van der Waals surface area contributed by atoms with E-state index in [4.69, 9.17) is 15.2 Å². The highest BCUT2D eigenvalue weighted by Gasteiger charge is 2.43. The normalized spacial score (nSPS) is 30.0. The van der Waals surface area contributed by atoms with Gasteiger partial charge in [0.25, 0.3) is 0 Å². The molecule has 1 aliphatic carbocycles. The maximum Gasteiger partial charge on any atom is 0.0685 e. The summed E-state index contributed by atoms with van der Waals surface area (Å²) in [6.07, 6.45) is 7.15. The van der Waals surface area contributed by atoms with Gasteiger partial charge in [-0.05, 0) is 44.4 Å². The van der Waals surface area contributed by atoms with Gasteiger partial charge in [0.2, 0.25) is 0 Å². The van der Waals surface area contributed by atoms with E-state index in [0.717, 1.165) is 32.5 Å². The summed E-state index contributed by atoms with van der Waals surface area (Å²) in [6, 6.07) is 0.202. The van der Waals surface area contributed by atoms with Crippen molar-refractivity contribution in [1.29, 1.82) is 0 Å². The van der Waals surface area contributed by atoms with E-state index < -0.39 is 0 Å². The summed E-state index contributed by atoms with van der Waals surface area (Å²) in [5, 5.41) is 0. The molecule has 0 radical (unpaired) electrons. The van der Waals surface area contributed by atoms with Crippen molar-refractivity contribution in [2.24, 2.45) is 11.7 Å². The Morgan fingerprint density at radius 2 is 2.31 bits per heavy atom. The molecule has 2 rings (SSSR count). The van der Waals surface area contributed by atoms with Crippen molar-refractivity contribution in [3.8, 4) is 0 Å². The summed E-state index contributed by atoms with van der Waals surface area (Å²) >= 11 is 0. The van der Waals surface area contributed by atoms with Crippen LogP contribution in [-0.4, -0.2) is 31.5 Å². The van der Waals surface area contributed by atoms with Crippen LogP contribution in [0.3, 0.4) is 0 Å². The van der Waals surface area contributed by atoms with Gasteiger partial charge in [-0.2, -0.15) is 0 Å². The quantitative estimate of drug-likeness (QED) is 0.731. The first-order valence-corrected chi connectivity index (χ1v) is 6.73. The first-order valence-electron chi connectivity index (χ1n) is 6.73. The Morgan fingerprint density at radius 3 is 2.94 bits per heavy atom. The summed E-state index contributed by atoms with van der Waals surface area (Å²) in [7, 11) is 0. The van der Waals surface area contributed by atoms with Crippen molar-refractivity contribution in [1.82, 2.24) is 0 Å². The summed E-state index contributed by atoms with van der Waals surface area (Å²) in [6.45, 7) is 4.58. The molecule has 2 N–H and O–H groups in total. The van der Waals surface area contributed by atoms with Gasteiger partial charge in [-0.25, -0.2) is 0 Å². The van der Waals surface area contributed by atoms with E-state index in [-0.39, 0.29) is 11.6 Å². The smallest absolute Gasteiger partial charge is 0.0685 e. The summed E-state index contributed by atoms with van der Waals surface area (Å²) in [5.41, 5.74) is 6.42. The molecule has 2 unspecified atom stereocenters. The third kappa shape index (κ3) is 2.76. The van der Waals surface area contributed by atoms with Crippen molar-refractivity contribution in [2.45, 2.75) is 57.1 Å². The molecule has 2 aliphatic rings. The summed E-state index contributed by atoms with van der Waals surface area (Å²) in [4.78, 5) is 0. The second-order valence-electron chi connectivity index (χ2n) is 5.38. The second kappa shape index (κ2) is 5.48. The molecule has 3 nitrogen and oxygen atoms in total. The van der Waals surface area contributed by atoms with Gasteiger partial charge in [0.1, 0.15) is 0 Å². The monoisotopic (exact) mass is 227 g/mol. The zero-order valence-electron chi connectivity index (χ0n) is 10.4. The van der Waals surface area contributed by atoms with Gasteiger partial charge >= 0.3 is 0 Å². The fraction of sp³-hybridized carbons (Fsp3) is 1.00. The molecule has 1 heterocycles. The zero-order valence-corrected chi connectivity index (χ0v) is 10.4. The van der Waals surface area contributed by atoms with Crippen molar-refractivity contribution in [3.63, 3.8) is 0 Å². The number of hydrogen-bond donors (Lipinski definition) is 1. The van der Waals surface area contributed by atoms with E-state index in [1.54, 1.807) is 0 Å². The molecule has 0 bridgehead atoms. The van der Waals surface area contributed by atoms with Gasteiger partial charge in [-0.15, -0.1) is 0 Å². The van der Waals surface area contributed by atoms with Crippen molar-refractivity contribution < 1.29 is 9.47 Å². The van der Waals surface area contributed by atoms with Crippen LogP contribution in [0, 0.1) is 5.92 Å². The van der Waals surface area contributed by atoms with Gasteiger partial charge in [-0.1, -0.05) is 6.92 Å². The maximum atomic E-state index is 6.21. The van der Waals surface area contributed by atoms with Gasteiger partial charge in [0, 0.05) is 19.3 Å².